The number of nitrogens with one attached hydrogen (secondary N) is 2. The van der Waals surface area contributed by atoms with Crippen molar-refractivity contribution in [1.82, 2.24) is 19.1 Å². The number of halogens is 1. The molecule has 0 bridgehead atoms. The van der Waals surface area contributed by atoms with Crippen LogP contribution in [0.1, 0.15) is 6.92 Å². The normalized spacial score (nSPS) is 12.1. The second kappa shape index (κ2) is 4.93. The van der Waals surface area contributed by atoms with Gasteiger partial charge < -0.3 is 9.88 Å². The summed E-state index contributed by atoms with van der Waals surface area (Å²) in [6, 6.07) is 0. The van der Waals surface area contributed by atoms with E-state index in [2.05, 4.69) is 15.3 Å². The Labute approximate surface area is 113 Å². The highest BCUT2D eigenvalue weighted by Gasteiger charge is 2.15. The molecule has 0 aliphatic heterocycles. The van der Waals surface area contributed by atoms with Gasteiger partial charge in [-0.3, -0.25) is 14.3 Å². The van der Waals surface area contributed by atoms with Crippen molar-refractivity contribution in [1.29, 1.82) is 0 Å². The molecule has 0 radical (unpaired) electrons. The molecule has 0 atom stereocenters. The Morgan fingerprint density at radius 3 is 2.79 bits per heavy atom. The van der Waals surface area contributed by atoms with E-state index in [0.29, 0.717) is 28.7 Å². The van der Waals surface area contributed by atoms with E-state index in [9.17, 15) is 9.59 Å². The van der Waals surface area contributed by atoms with Crippen LogP contribution in [-0.2, 0) is 13.6 Å². The van der Waals surface area contributed by atoms with Gasteiger partial charge in [0.2, 0.25) is 5.95 Å². The molecule has 19 heavy (non-hydrogen) atoms. The van der Waals surface area contributed by atoms with Crippen LogP contribution in [0.3, 0.4) is 0 Å². The van der Waals surface area contributed by atoms with Crippen molar-refractivity contribution in [2.75, 3.05) is 12.4 Å². The number of anilines is 1. The zero-order valence-corrected chi connectivity index (χ0v) is 11.6. The molecule has 0 spiro atoms. The molecule has 0 unspecified atom stereocenters. The van der Waals surface area contributed by atoms with Gasteiger partial charge in [0.05, 0.1) is 0 Å². The van der Waals surface area contributed by atoms with Crippen LogP contribution in [0.4, 0.5) is 5.95 Å². The number of fused-ring (bicyclic) bond motifs is 1. The first-order valence-corrected chi connectivity index (χ1v) is 6.03. The van der Waals surface area contributed by atoms with Crippen LogP contribution in [-0.4, -0.2) is 26.1 Å². The van der Waals surface area contributed by atoms with Crippen LogP contribution in [0.5, 0.6) is 0 Å². The minimum Gasteiger partial charge on any atom is -0.359 e. The molecule has 7 nitrogen and oxygen atoms in total. The minimum absolute atomic E-state index is 0.332. The van der Waals surface area contributed by atoms with Gasteiger partial charge in [-0.2, -0.15) is 4.98 Å². The van der Waals surface area contributed by atoms with Crippen molar-refractivity contribution >= 4 is 28.7 Å². The van der Waals surface area contributed by atoms with E-state index >= 15 is 0 Å². The molecule has 2 N–H and O–H groups in total. The molecule has 2 aromatic heterocycles. The maximum atomic E-state index is 11.9. The van der Waals surface area contributed by atoms with E-state index in [1.807, 2.05) is 0 Å². The molecule has 0 aliphatic carbocycles. The topological polar surface area (TPSA) is 84.7 Å². The second-order valence-corrected chi connectivity index (χ2v) is 4.67. The Morgan fingerprint density at radius 2 is 2.21 bits per heavy atom. The Kier molecular flexibility index (Phi) is 3.48. The lowest BCUT2D eigenvalue weighted by Gasteiger charge is -2.04. The third-order valence-corrected chi connectivity index (χ3v) is 2.94. The van der Waals surface area contributed by atoms with Crippen molar-refractivity contribution in [3.63, 3.8) is 0 Å². The third kappa shape index (κ3) is 2.28. The second-order valence-electron chi connectivity index (χ2n) is 4.08. The number of rotatable bonds is 3. The van der Waals surface area contributed by atoms with E-state index in [1.165, 1.54) is 4.57 Å². The molecule has 0 amide bonds. The third-order valence-electron chi connectivity index (χ3n) is 2.79. The molecule has 2 aromatic rings. The first-order valence-electron chi connectivity index (χ1n) is 5.65. The van der Waals surface area contributed by atoms with Gasteiger partial charge in [-0.25, -0.2) is 4.79 Å². The van der Waals surface area contributed by atoms with Gasteiger partial charge in [-0.15, -0.1) is 0 Å². The maximum Gasteiger partial charge on any atom is 0.329 e. The van der Waals surface area contributed by atoms with Crippen LogP contribution in [0.25, 0.3) is 11.2 Å². The van der Waals surface area contributed by atoms with Gasteiger partial charge in [0, 0.05) is 25.7 Å². The predicted molar refractivity (Wildman–Crippen MR) is 74.8 cm³/mol. The van der Waals surface area contributed by atoms with Gasteiger partial charge in [-0.1, -0.05) is 17.7 Å². The Hall–Kier alpha value is -2.02. The average Bonchev–Trinajstić information content (AvgIpc) is 2.72. The molecule has 0 aliphatic rings. The first kappa shape index (κ1) is 13.4. The number of hydrogen-bond acceptors (Lipinski definition) is 4. The highest BCUT2D eigenvalue weighted by atomic mass is 35.5. The van der Waals surface area contributed by atoms with Crippen molar-refractivity contribution in [2.45, 2.75) is 13.5 Å². The van der Waals surface area contributed by atoms with Crippen molar-refractivity contribution < 1.29 is 0 Å². The summed E-state index contributed by atoms with van der Waals surface area (Å²) in [7, 11) is 3.25. The SMILES string of the molecule is CNc1nc2c(c(=O)[nH]c(=O)n2C)n1CC=C(C)Cl. The van der Waals surface area contributed by atoms with E-state index in [1.54, 1.807) is 31.7 Å². The van der Waals surface area contributed by atoms with E-state index in [0.717, 1.165) is 0 Å². The number of imidazole rings is 1. The Morgan fingerprint density at radius 1 is 1.53 bits per heavy atom. The number of hydrogen-bond donors (Lipinski definition) is 2. The number of nitrogens with zero attached hydrogens (tertiary/aromatic N) is 3. The number of aromatic nitrogens is 4. The maximum absolute atomic E-state index is 11.9. The molecule has 2 heterocycles. The van der Waals surface area contributed by atoms with Gasteiger partial charge in [0.15, 0.2) is 11.2 Å². The fourth-order valence-electron chi connectivity index (χ4n) is 1.82. The summed E-state index contributed by atoms with van der Waals surface area (Å²) in [4.78, 5) is 30.0. The van der Waals surface area contributed by atoms with Crippen molar-refractivity contribution in [3.05, 3.63) is 31.9 Å². The standard InChI is InChI=1S/C11H14ClN5O2/c1-6(12)4-5-17-7-8(14-10(17)13-2)16(3)11(19)15-9(7)18/h4H,5H2,1-3H3,(H,13,14)(H,15,18,19). The van der Waals surface area contributed by atoms with Gasteiger partial charge in [-0.05, 0) is 6.92 Å². The van der Waals surface area contributed by atoms with E-state index in [4.69, 9.17) is 11.6 Å². The van der Waals surface area contributed by atoms with Gasteiger partial charge in [0.25, 0.3) is 5.56 Å². The molecule has 2 rings (SSSR count). The average molecular weight is 284 g/mol. The molecule has 0 saturated heterocycles. The van der Waals surface area contributed by atoms with E-state index in [-0.39, 0.29) is 0 Å². The van der Waals surface area contributed by atoms with Crippen LogP contribution < -0.4 is 16.6 Å². The van der Waals surface area contributed by atoms with Gasteiger partial charge in [0.1, 0.15) is 0 Å². The van der Waals surface area contributed by atoms with Crippen molar-refractivity contribution in [3.8, 4) is 0 Å². The summed E-state index contributed by atoms with van der Waals surface area (Å²) in [5.74, 6) is 0.496. The monoisotopic (exact) mass is 283 g/mol. The molecule has 0 saturated carbocycles. The summed E-state index contributed by atoms with van der Waals surface area (Å²) < 4.78 is 2.96. The minimum atomic E-state index is -0.492. The summed E-state index contributed by atoms with van der Waals surface area (Å²) in [5, 5.41) is 3.51. The molecule has 0 fully saturated rings. The van der Waals surface area contributed by atoms with Crippen LogP contribution in [0.15, 0.2) is 20.7 Å². The van der Waals surface area contributed by atoms with Crippen LogP contribution in [0, 0.1) is 0 Å². The fourth-order valence-corrected chi connectivity index (χ4v) is 1.89. The first-order chi connectivity index (χ1) is 8.95. The molecule has 0 aromatic carbocycles. The lowest BCUT2D eigenvalue weighted by atomic mass is 10.4. The summed E-state index contributed by atoms with van der Waals surface area (Å²) in [6.07, 6.45) is 1.76. The number of H-pyrrole nitrogens is 1. The highest BCUT2D eigenvalue weighted by molar-refractivity contribution is 6.29. The summed E-state index contributed by atoms with van der Waals surface area (Å²) >= 11 is 5.80. The zero-order valence-electron chi connectivity index (χ0n) is 10.8. The lowest BCUT2D eigenvalue weighted by Crippen LogP contribution is -2.29. The molecule has 102 valence electrons. The largest absolute Gasteiger partial charge is 0.359 e. The van der Waals surface area contributed by atoms with Crippen molar-refractivity contribution in [2.24, 2.45) is 7.05 Å². The molecular weight excluding hydrogens is 270 g/mol. The zero-order chi connectivity index (χ0) is 14.2. The lowest BCUT2D eigenvalue weighted by molar-refractivity contribution is 0.819. The number of aryl methyl sites for hydroxylation is 1. The predicted octanol–water partition coefficient (Wildman–Crippen LogP) is 0.608. The fraction of sp³-hybridized carbons (Fsp3) is 0.364. The van der Waals surface area contributed by atoms with Crippen LogP contribution in [0.2, 0.25) is 0 Å². The Bertz CT molecular complexity index is 764. The number of allylic oxidation sites excluding steroid dienone is 2. The van der Waals surface area contributed by atoms with Gasteiger partial charge >= 0.3 is 5.69 Å². The molecule has 8 heteroatoms. The smallest absolute Gasteiger partial charge is 0.329 e. The molecular formula is C11H14ClN5O2. The number of aromatic amines is 1. The quantitative estimate of drug-likeness (QED) is 0.864. The van der Waals surface area contributed by atoms with Crippen LogP contribution >= 0.6 is 11.6 Å². The Balaban J connectivity index is 2.81. The summed E-state index contributed by atoms with van der Waals surface area (Å²) in [6.45, 7) is 2.14. The van der Waals surface area contributed by atoms with E-state index < -0.39 is 11.2 Å². The highest BCUT2D eigenvalue weighted by Crippen LogP contribution is 2.15. The summed E-state index contributed by atoms with van der Waals surface area (Å²) in [5.41, 5.74) is -0.291.